The van der Waals surface area contributed by atoms with Crippen LogP contribution in [-0.4, -0.2) is 42.8 Å². The number of likely N-dealkylation sites (N-methyl/N-ethyl adjacent to an activating group) is 2. The minimum absolute atomic E-state index is 0.0429. The third kappa shape index (κ3) is 3.67. The van der Waals surface area contributed by atoms with Crippen LogP contribution in [0.3, 0.4) is 0 Å². The molecule has 0 aliphatic rings. The summed E-state index contributed by atoms with van der Waals surface area (Å²) in [5.41, 5.74) is 0.681. The molecule has 4 heteroatoms. The zero-order chi connectivity index (χ0) is 13.5. The molecule has 0 saturated heterocycles. The van der Waals surface area contributed by atoms with Crippen molar-refractivity contribution in [3.63, 3.8) is 0 Å². The Labute approximate surface area is 108 Å². The summed E-state index contributed by atoms with van der Waals surface area (Å²) in [6.07, 6.45) is 0. The Morgan fingerprint density at radius 2 is 1.89 bits per heavy atom. The van der Waals surface area contributed by atoms with Gasteiger partial charge in [-0.25, -0.2) is 0 Å². The van der Waals surface area contributed by atoms with E-state index in [4.69, 9.17) is 0 Å². The molecule has 4 nitrogen and oxygen atoms in total. The van der Waals surface area contributed by atoms with Crippen molar-refractivity contribution in [2.24, 2.45) is 0 Å². The second-order valence-corrected chi connectivity index (χ2v) is 4.14. The number of ketones is 1. The molecule has 1 atom stereocenters. The molecule has 98 valence electrons. The van der Waals surface area contributed by atoms with Crippen molar-refractivity contribution in [1.29, 1.82) is 0 Å². The van der Waals surface area contributed by atoms with Crippen molar-refractivity contribution in [2.75, 3.05) is 20.1 Å². The lowest BCUT2D eigenvalue weighted by atomic mass is 10.0. The first-order valence-corrected chi connectivity index (χ1v) is 6.14. The van der Waals surface area contributed by atoms with Gasteiger partial charge in [-0.05, 0) is 13.5 Å². The molecule has 0 saturated carbocycles. The third-order valence-electron chi connectivity index (χ3n) is 3.02. The average Bonchev–Trinajstić information content (AvgIpc) is 2.43. The number of rotatable bonds is 6. The highest BCUT2D eigenvalue weighted by Crippen LogP contribution is 2.08. The summed E-state index contributed by atoms with van der Waals surface area (Å²) < 4.78 is 0. The van der Waals surface area contributed by atoms with Gasteiger partial charge in [-0.2, -0.15) is 0 Å². The number of hydrogen-bond donors (Lipinski definition) is 1. The van der Waals surface area contributed by atoms with Crippen molar-refractivity contribution in [3.8, 4) is 0 Å². The molecule has 0 fully saturated rings. The predicted octanol–water partition coefficient (Wildman–Crippen LogP) is 1.33. The van der Waals surface area contributed by atoms with Gasteiger partial charge >= 0.3 is 0 Å². The molecule has 1 rings (SSSR count). The molecular formula is C14H20N2O2. The fourth-order valence-electron chi connectivity index (χ4n) is 1.80. The van der Waals surface area contributed by atoms with Crippen molar-refractivity contribution >= 4 is 11.7 Å². The Kier molecular flexibility index (Phi) is 5.52. The zero-order valence-corrected chi connectivity index (χ0v) is 11.1. The minimum Gasteiger partial charge on any atom is -0.358 e. The Hall–Kier alpha value is -1.68. The molecule has 0 aromatic heterocycles. The number of nitrogens with zero attached hydrogens (tertiary/aromatic N) is 1. The van der Waals surface area contributed by atoms with Gasteiger partial charge in [0.15, 0.2) is 5.78 Å². The lowest BCUT2D eigenvalue weighted by molar-refractivity contribution is -0.121. The number of hydrogen-bond acceptors (Lipinski definition) is 3. The van der Waals surface area contributed by atoms with Crippen LogP contribution in [0, 0.1) is 0 Å². The highest BCUT2D eigenvalue weighted by molar-refractivity contribution is 6.00. The van der Waals surface area contributed by atoms with Crippen molar-refractivity contribution < 1.29 is 9.59 Å². The third-order valence-corrected chi connectivity index (χ3v) is 3.02. The minimum atomic E-state index is -0.297. The van der Waals surface area contributed by atoms with Crippen LogP contribution >= 0.6 is 0 Å². The maximum absolute atomic E-state index is 12.2. The average molecular weight is 248 g/mol. The first-order valence-electron chi connectivity index (χ1n) is 6.14. The number of amides is 1. The van der Waals surface area contributed by atoms with Gasteiger partial charge in [0.1, 0.15) is 0 Å². The second kappa shape index (κ2) is 6.91. The van der Waals surface area contributed by atoms with Gasteiger partial charge in [0.25, 0.3) is 0 Å². The summed E-state index contributed by atoms with van der Waals surface area (Å²) in [4.78, 5) is 25.5. The van der Waals surface area contributed by atoms with Gasteiger partial charge in [0.2, 0.25) is 5.91 Å². The van der Waals surface area contributed by atoms with Gasteiger partial charge < -0.3 is 5.32 Å². The van der Waals surface area contributed by atoms with E-state index < -0.39 is 0 Å². The van der Waals surface area contributed by atoms with Crippen LogP contribution in [0.4, 0.5) is 0 Å². The SMILES string of the molecule is CCN(CC(=O)NC)C(C)C(=O)c1ccccc1. The first kappa shape index (κ1) is 14.4. The zero-order valence-electron chi connectivity index (χ0n) is 11.1. The Morgan fingerprint density at radius 3 is 2.39 bits per heavy atom. The van der Waals surface area contributed by atoms with Crippen LogP contribution in [0.5, 0.6) is 0 Å². The molecule has 0 heterocycles. The monoisotopic (exact) mass is 248 g/mol. The van der Waals surface area contributed by atoms with E-state index in [0.717, 1.165) is 0 Å². The highest BCUT2D eigenvalue weighted by atomic mass is 16.2. The van der Waals surface area contributed by atoms with Crippen LogP contribution in [0.15, 0.2) is 30.3 Å². The van der Waals surface area contributed by atoms with Crippen molar-refractivity contribution in [2.45, 2.75) is 19.9 Å². The number of Topliss-reactive ketones (excluding diaryl/α,β-unsaturated/α-hetero) is 1. The summed E-state index contributed by atoms with van der Waals surface area (Å²) in [6, 6.07) is 8.86. The molecule has 0 radical (unpaired) electrons. The number of carbonyl (C=O) groups is 2. The molecule has 0 aliphatic heterocycles. The van der Waals surface area contributed by atoms with Crippen LogP contribution in [0.2, 0.25) is 0 Å². The maximum atomic E-state index is 12.2. The van der Waals surface area contributed by atoms with Crippen molar-refractivity contribution in [3.05, 3.63) is 35.9 Å². The molecule has 0 aliphatic carbocycles. The van der Waals surface area contributed by atoms with E-state index in [1.54, 1.807) is 19.2 Å². The molecule has 1 aromatic carbocycles. The van der Waals surface area contributed by atoms with E-state index in [1.807, 2.05) is 36.9 Å². The second-order valence-electron chi connectivity index (χ2n) is 4.14. The number of nitrogens with one attached hydrogen (secondary N) is 1. The lowest BCUT2D eigenvalue weighted by Gasteiger charge is -2.25. The topological polar surface area (TPSA) is 49.4 Å². The largest absolute Gasteiger partial charge is 0.358 e. The molecular weight excluding hydrogens is 228 g/mol. The Bertz CT molecular complexity index is 404. The van der Waals surface area contributed by atoms with E-state index >= 15 is 0 Å². The van der Waals surface area contributed by atoms with E-state index in [-0.39, 0.29) is 24.3 Å². The van der Waals surface area contributed by atoms with Gasteiger partial charge in [0.05, 0.1) is 12.6 Å². The van der Waals surface area contributed by atoms with E-state index in [1.165, 1.54) is 0 Å². The molecule has 18 heavy (non-hydrogen) atoms. The quantitative estimate of drug-likeness (QED) is 0.773. The Morgan fingerprint density at radius 1 is 1.28 bits per heavy atom. The van der Waals surface area contributed by atoms with Gasteiger partial charge in [0, 0.05) is 12.6 Å². The van der Waals surface area contributed by atoms with Gasteiger partial charge in [-0.3, -0.25) is 14.5 Å². The van der Waals surface area contributed by atoms with E-state index in [0.29, 0.717) is 12.1 Å². The molecule has 1 unspecified atom stereocenters. The molecule has 1 aromatic rings. The standard InChI is InChI=1S/C14H20N2O2/c1-4-16(10-13(17)15-3)11(2)14(18)12-8-6-5-7-9-12/h5-9,11H,4,10H2,1-3H3,(H,15,17). The van der Waals surface area contributed by atoms with Crippen LogP contribution in [-0.2, 0) is 4.79 Å². The number of benzene rings is 1. The highest BCUT2D eigenvalue weighted by Gasteiger charge is 2.22. The summed E-state index contributed by atoms with van der Waals surface area (Å²) in [5, 5.41) is 2.57. The molecule has 0 spiro atoms. The predicted molar refractivity (Wildman–Crippen MR) is 71.5 cm³/mol. The fraction of sp³-hybridized carbons (Fsp3) is 0.429. The first-order chi connectivity index (χ1) is 8.60. The van der Waals surface area contributed by atoms with Crippen molar-refractivity contribution in [1.82, 2.24) is 10.2 Å². The molecule has 1 N–H and O–H groups in total. The van der Waals surface area contributed by atoms with E-state index in [9.17, 15) is 9.59 Å². The maximum Gasteiger partial charge on any atom is 0.233 e. The van der Waals surface area contributed by atoms with Crippen LogP contribution in [0.1, 0.15) is 24.2 Å². The van der Waals surface area contributed by atoms with Crippen LogP contribution < -0.4 is 5.32 Å². The summed E-state index contributed by atoms with van der Waals surface area (Å²) in [7, 11) is 1.60. The smallest absolute Gasteiger partial charge is 0.233 e. The normalized spacial score (nSPS) is 12.2. The summed E-state index contributed by atoms with van der Waals surface area (Å²) >= 11 is 0. The van der Waals surface area contributed by atoms with Crippen LogP contribution in [0.25, 0.3) is 0 Å². The summed E-state index contributed by atoms with van der Waals surface area (Å²) in [5.74, 6) is -0.0362. The van der Waals surface area contributed by atoms with Gasteiger partial charge in [-0.15, -0.1) is 0 Å². The molecule has 0 bridgehead atoms. The fourth-order valence-corrected chi connectivity index (χ4v) is 1.80. The van der Waals surface area contributed by atoms with Gasteiger partial charge in [-0.1, -0.05) is 37.3 Å². The molecule has 1 amide bonds. The summed E-state index contributed by atoms with van der Waals surface area (Å²) in [6.45, 7) is 4.68. The Balaban J connectivity index is 2.75. The number of carbonyl (C=O) groups excluding carboxylic acids is 2. The lowest BCUT2D eigenvalue weighted by Crippen LogP contribution is -2.44. The van der Waals surface area contributed by atoms with E-state index in [2.05, 4.69) is 5.32 Å².